The lowest BCUT2D eigenvalue weighted by Crippen LogP contribution is -2.31. The zero-order valence-corrected chi connectivity index (χ0v) is 14.3. The number of hydroxylamine groups is 2. The fourth-order valence-electron chi connectivity index (χ4n) is 2.34. The van der Waals surface area contributed by atoms with E-state index in [2.05, 4.69) is 9.98 Å². The molecular weight excluding hydrogens is 372 g/mol. The van der Waals surface area contributed by atoms with E-state index < -0.39 is 7.25 Å². The summed E-state index contributed by atoms with van der Waals surface area (Å²) in [6.45, 7) is 0.229. The largest absolute Gasteiger partial charge is 0.673 e. The lowest BCUT2D eigenvalue weighted by molar-refractivity contribution is -0.0119. The van der Waals surface area contributed by atoms with E-state index in [4.69, 9.17) is 11.6 Å². The highest BCUT2D eigenvalue weighted by Gasteiger charge is 2.20. The number of hydrogen-bond acceptors (Lipinski definition) is 3. The van der Waals surface area contributed by atoms with Gasteiger partial charge in [0, 0.05) is 22.9 Å². The average molecular weight is 387 g/mol. The molecule has 0 aromatic heterocycles. The number of nitrogens with zero attached hydrogens (tertiary/aromatic N) is 3. The average Bonchev–Trinajstić information content (AvgIpc) is 2.69. The first-order valence-electron chi connectivity index (χ1n) is 7.42. The van der Waals surface area contributed by atoms with Crippen LogP contribution >= 0.6 is 11.6 Å². The highest BCUT2D eigenvalue weighted by atomic mass is 35.5. The number of amidine groups is 1. The van der Waals surface area contributed by atoms with Crippen LogP contribution in [0, 0.1) is 0 Å². The van der Waals surface area contributed by atoms with E-state index in [1.165, 1.54) is 5.06 Å². The standard InChI is InChI=1S/C16H14ClN3O.BF4/c1-18-15-10-20(21)16(11-5-3-2-4-6-11)13-9-12(17)7-8-14(13)19-15;2-1(3,4)5/h2-9,21H,10H2,1H3;/q;-1. The maximum Gasteiger partial charge on any atom is 0.673 e. The first-order valence-corrected chi connectivity index (χ1v) is 7.80. The molecule has 26 heavy (non-hydrogen) atoms. The lowest BCUT2D eigenvalue weighted by Gasteiger charge is -2.19. The van der Waals surface area contributed by atoms with Gasteiger partial charge in [0.25, 0.3) is 0 Å². The van der Waals surface area contributed by atoms with Gasteiger partial charge in [-0.25, -0.2) is 10.1 Å². The second-order valence-electron chi connectivity index (χ2n) is 5.18. The summed E-state index contributed by atoms with van der Waals surface area (Å²) in [7, 11) is -4.34. The van der Waals surface area contributed by atoms with Gasteiger partial charge in [0.1, 0.15) is 12.4 Å². The molecule has 1 aliphatic rings. The summed E-state index contributed by atoms with van der Waals surface area (Å²) in [4.78, 5) is 8.60. The van der Waals surface area contributed by atoms with E-state index in [0.29, 0.717) is 16.6 Å². The van der Waals surface area contributed by atoms with Crippen LogP contribution in [0.1, 0.15) is 5.56 Å². The SMILES string of the molecule is CN=C1CN(O)C(c2ccccc2)=c2cc(Cl)ccc2=N1.F[B-](F)(F)F. The Kier molecular flexibility index (Phi) is 6.39. The van der Waals surface area contributed by atoms with Crippen molar-refractivity contribution in [3.8, 4) is 0 Å². The van der Waals surface area contributed by atoms with Gasteiger partial charge >= 0.3 is 7.25 Å². The molecule has 1 aliphatic heterocycles. The minimum absolute atomic E-state index is 0.229. The van der Waals surface area contributed by atoms with E-state index in [9.17, 15) is 22.5 Å². The van der Waals surface area contributed by atoms with Gasteiger partial charge in [0.05, 0.1) is 11.1 Å². The van der Waals surface area contributed by atoms with Crippen molar-refractivity contribution in [3.05, 3.63) is 69.7 Å². The third-order valence-electron chi connectivity index (χ3n) is 3.32. The number of aliphatic imine (C=N–C) groups is 1. The smallest absolute Gasteiger partial charge is 0.418 e. The van der Waals surface area contributed by atoms with Crippen molar-refractivity contribution in [1.29, 1.82) is 0 Å². The summed E-state index contributed by atoms with van der Waals surface area (Å²) in [6, 6.07) is 15.1. The Morgan fingerprint density at radius 3 is 2.31 bits per heavy atom. The summed E-state index contributed by atoms with van der Waals surface area (Å²) in [6.07, 6.45) is 0. The van der Waals surface area contributed by atoms with Crippen LogP contribution in [0.3, 0.4) is 0 Å². The Morgan fingerprint density at radius 1 is 1.12 bits per heavy atom. The van der Waals surface area contributed by atoms with Crippen LogP contribution in [-0.2, 0) is 0 Å². The quantitative estimate of drug-likeness (QED) is 0.605. The zero-order chi connectivity index (χ0) is 19.3. The van der Waals surface area contributed by atoms with Crippen LogP contribution in [0.2, 0.25) is 5.02 Å². The zero-order valence-electron chi connectivity index (χ0n) is 13.6. The molecule has 0 radical (unpaired) electrons. The van der Waals surface area contributed by atoms with Crippen LogP contribution in [0.4, 0.5) is 17.3 Å². The second kappa shape index (κ2) is 8.33. The molecule has 1 heterocycles. The molecule has 0 saturated carbocycles. The molecule has 2 aromatic rings. The van der Waals surface area contributed by atoms with Gasteiger partial charge in [-0.15, -0.1) is 0 Å². The molecule has 4 nitrogen and oxygen atoms in total. The van der Waals surface area contributed by atoms with Crippen molar-refractivity contribution in [2.45, 2.75) is 0 Å². The Balaban J connectivity index is 0.000000431. The van der Waals surface area contributed by atoms with Crippen molar-refractivity contribution in [1.82, 2.24) is 5.06 Å². The van der Waals surface area contributed by atoms with Gasteiger partial charge in [-0.3, -0.25) is 10.2 Å². The number of fused-ring (bicyclic) bond motifs is 1. The van der Waals surface area contributed by atoms with Crippen LogP contribution in [0.15, 0.2) is 58.5 Å². The van der Waals surface area contributed by atoms with Gasteiger partial charge in [-0.1, -0.05) is 41.9 Å². The number of halogens is 5. The molecule has 0 bridgehead atoms. The van der Waals surface area contributed by atoms with Crippen LogP contribution in [0.5, 0.6) is 0 Å². The Labute approximate surface area is 151 Å². The van der Waals surface area contributed by atoms with Crippen LogP contribution in [-0.4, -0.2) is 37.0 Å². The van der Waals surface area contributed by atoms with Gasteiger partial charge in [-0.2, -0.15) is 0 Å². The molecule has 0 atom stereocenters. The normalized spacial score (nSPS) is 15.6. The summed E-state index contributed by atoms with van der Waals surface area (Å²) in [5, 5.41) is 13.8. The Hall–Kier alpha value is -2.39. The van der Waals surface area contributed by atoms with Gasteiger partial charge in [-0.05, 0) is 18.2 Å². The predicted molar refractivity (Wildman–Crippen MR) is 93.2 cm³/mol. The van der Waals surface area contributed by atoms with Gasteiger partial charge in [0.15, 0.2) is 0 Å². The molecule has 0 amide bonds. The topological polar surface area (TPSA) is 48.2 Å². The van der Waals surface area contributed by atoms with Crippen molar-refractivity contribution in [2.24, 2.45) is 9.98 Å². The fraction of sp³-hybridized carbons (Fsp3) is 0.125. The fourth-order valence-corrected chi connectivity index (χ4v) is 2.52. The summed E-state index contributed by atoms with van der Waals surface area (Å²) >= 11 is 6.12. The second-order valence-corrected chi connectivity index (χ2v) is 5.62. The molecule has 0 aliphatic carbocycles. The molecule has 3 rings (SSSR count). The molecule has 0 spiro atoms. The van der Waals surface area contributed by atoms with E-state index >= 15 is 0 Å². The van der Waals surface area contributed by atoms with E-state index in [1.54, 1.807) is 13.1 Å². The maximum atomic E-state index is 10.5. The van der Waals surface area contributed by atoms with E-state index in [-0.39, 0.29) is 6.54 Å². The number of rotatable bonds is 1. The molecule has 2 aromatic carbocycles. The van der Waals surface area contributed by atoms with Crippen molar-refractivity contribution in [2.75, 3.05) is 13.6 Å². The van der Waals surface area contributed by atoms with E-state index in [0.717, 1.165) is 16.1 Å². The molecular formula is C16H14BClF4N3O-. The monoisotopic (exact) mass is 386 g/mol. The van der Waals surface area contributed by atoms with E-state index in [1.807, 2.05) is 42.5 Å². The number of hydrogen-bond donors (Lipinski definition) is 1. The van der Waals surface area contributed by atoms with Crippen molar-refractivity contribution in [3.63, 3.8) is 0 Å². The minimum atomic E-state index is -6.00. The maximum absolute atomic E-state index is 10.5. The Morgan fingerprint density at radius 2 is 1.73 bits per heavy atom. The number of benzene rings is 2. The first-order chi connectivity index (χ1) is 12.2. The van der Waals surface area contributed by atoms with Gasteiger partial charge < -0.3 is 17.3 Å². The summed E-state index contributed by atoms with van der Waals surface area (Å²) < 4.78 is 39.0. The molecule has 10 heteroatoms. The molecule has 0 fully saturated rings. The molecule has 0 unspecified atom stereocenters. The highest BCUT2D eigenvalue weighted by molar-refractivity contribution is 6.50. The predicted octanol–water partition coefficient (Wildman–Crippen LogP) is 3.15. The minimum Gasteiger partial charge on any atom is -0.418 e. The molecule has 138 valence electrons. The van der Waals surface area contributed by atoms with Gasteiger partial charge in [0.2, 0.25) is 0 Å². The third-order valence-corrected chi connectivity index (χ3v) is 3.55. The molecule has 1 N–H and O–H groups in total. The lowest BCUT2D eigenvalue weighted by atomic mass is 10.1. The molecule has 0 saturated heterocycles. The summed E-state index contributed by atoms with van der Waals surface area (Å²) in [5.41, 5.74) is 1.58. The van der Waals surface area contributed by atoms with Crippen molar-refractivity contribution < 1.29 is 22.5 Å². The summed E-state index contributed by atoms with van der Waals surface area (Å²) in [5.74, 6) is 0.562. The van der Waals surface area contributed by atoms with Crippen molar-refractivity contribution >= 4 is 30.4 Å². The van der Waals surface area contributed by atoms with Crippen LogP contribution in [0.25, 0.3) is 5.70 Å². The third kappa shape index (κ3) is 5.57. The Bertz CT molecular complexity index is 913. The van der Waals surface area contributed by atoms with Crippen LogP contribution < -0.4 is 10.6 Å². The first kappa shape index (κ1) is 19.9. The highest BCUT2D eigenvalue weighted by Crippen LogP contribution is 2.15.